The average molecular weight is 201 g/mol. The first-order valence-corrected chi connectivity index (χ1v) is 5.61. The van der Waals surface area contributed by atoms with Crippen molar-refractivity contribution in [2.45, 2.75) is 50.7 Å². The van der Waals surface area contributed by atoms with Crippen molar-refractivity contribution in [3.63, 3.8) is 0 Å². The molecule has 1 aliphatic rings. The lowest BCUT2D eigenvalue weighted by molar-refractivity contribution is 0.0362. The minimum Gasteiger partial charge on any atom is -0.394 e. The average Bonchev–Trinajstić information content (AvgIpc) is 2.70. The normalized spacial score (nSPS) is 22.5. The fourth-order valence-electron chi connectivity index (χ4n) is 1.79. The van der Waals surface area contributed by atoms with Crippen molar-refractivity contribution in [2.75, 3.05) is 20.3 Å². The first-order valence-electron chi connectivity index (χ1n) is 5.61. The Morgan fingerprint density at radius 2 is 2.07 bits per heavy atom. The lowest BCUT2D eigenvalue weighted by Gasteiger charge is -2.27. The fraction of sp³-hybridized carbons (Fsp3) is 1.00. The van der Waals surface area contributed by atoms with Crippen LogP contribution in [0.3, 0.4) is 0 Å². The van der Waals surface area contributed by atoms with Gasteiger partial charge < -0.3 is 15.2 Å². The molecular formula is C11H23NO2. The number of hydrogen-bond acceptors (Lipinski definition) is 3. The van der Waals surface area contributed by atoms with Crippen LogP contribution in [0.25, 0.3) is 0 Å². The van der Waals surface area contributed by atoms with Gasteiger partial charge in [-0.1, -0.05) is 12.8 Å². The molecule has 1 aliphatic carbocycles. The Kier molecular flexibility index (Phi) is 4.85. The van der Waals surface area contributed by atoms with Gasteiger partial charge in [0.2, 0.25) is 0 Å². The largest absolute Gasteiger partial charge is 0.394 e. The highest BCUT2D eigenvalue weighted by Crippen LogP contribution is 2.21. The number of aliphatic hydroxyl groups is 1. The van der Waals surface area contributed by atoms with Crippen molar-refractivity contribution >= 4 is 0 Å². The lowest BCUT2D eigenvalue weighted by Crippen LogP contribution is -2.44. The van der Waals surface area contributed by atoms with Crippen LogP contribution in [0.1, 0.15) is 39.0 Å². The standard InChI is InChI=1S/C11H23NO2/c1-11(9-13,12-2)7-8-14-10-5-3-4-6-10/h10,12-13H,3-9H2,1-2H3. The molecule has 1 saturated carbocycles. The molecule has 0 amide bonds. The molecule has 2 N–H and O–H groups in total. The van der Waals surface area contributed by atoms with Gasteiger partial charge in [-0.05, 0) is 33.2 Å². The highest BCUT2D eigenvalue weighted by Gasteiger charge is 2.22. The maximum atomic E-state index is 9.16. The molecule has 0 aromatic carbocycles. The van der Waals surface area contributed by atoms with Crippen LogP contribution in [0.2, 0.25) is 0 Å². The summed E-state index contributed by atoms with van der Waals surface area (Å²) in [5.41, 5.74) is -0.182. The van der Waals surface area contributed by atoms with Crippen LogP contribution in [0.15, 0.2) is 0 Å². The smallest absolute Gasteiger partial charge is 0.0611 e. The SMILES string of the molecule is CNC(C)(CO)CCOC1CCCC1. The summed E-state index contributed by atoms with van der Waals surface area (Å²) in [5.74, 6) is 0. The van der Waals surface area contributed by atoms with Gasteiger partial charge in [0.25, 0.3) is 0 Å². The van der Waals surface area contributed by atoms with Gasteiger partial charge in [0.1, 0.15) is 0 Å². The molecule has 0 bridgehead atoms. The summed E-state index contributed by atoms with van der Waals surface area (Å²) in [6.07, 6.45) is 6.42. The van der Waals surface area contributed by atoms with Crippen molar-refractivity contribution in [2.24, 2.45) is 0 Å². The molecule has 14 heavy (non-hydrogen) atoms. The van der Waals surface area contributed by atoms with E-state index in [-0.39, 0.29) is 12.1 Å². The van der Waals surface area contributed by atoms with Gasteiger partial charge >= 0.3 is 0 Å². The molecule has 0 aromatic heterocycles. The number of rotatable bonds is 6. The summed E-state index contributed by atoms with van der Waals surface area (Å²) in [6, 6.07) is 0. The minimum absolute atomic E-state index is 0.164. The Morgan fingerprint density at radius 3 is 2.57 bits per heavy atom. The first kappa shape index (κ1) is 12.0. The number of likely N-dealkylation sites (N-methyl/N-ethyl adjacent to an activating group) is 1. The number of hydrogen-bond donors (Lipinski definition) is 2. The number of nitrogens with one attached hydrogen (secondary N) is 1. The van der Waals surface area contributed by atoms with E-state index in [0.717, 1.165) is 13.0 Å². The molecule has 3 nitrogen and oxygen atoms in total. The first-order chi connectivity index (χ1) is 6.70. The topological polar surface area (TPSA) is 41.5 Å². The van der Waals surface area contributed by atoms with Gasteiger partial charge in [0, 0.05) is 12.1 Å². The Bertz CT molecular complexity index is 151. The van der Waals surface area contributed by atoms with Crippen molar-refractivity contribution in [3.8, 4) is 0 Å². The number of aliphatic hydroxyl groups excluding tert-OH is 1. The summed E-state index contributed by atoms with van der Waals surface area (Å²) >= 11 is 0. The quantitative estimate of drug-likeness (QED) is 0.681. The third kappa shape index (κ3) is 3.56. The molecule has 0 radical (unpaired) electrons. The Labute approximate surface area is 86.8 Å². The van der Waals surface area contributed by atoms with Crippen LogP contribution < -0.4 is 5.32 Å². The second-order valence-corrected chi connectivity index (χ2v) is 4.50. The van der Waals surface area contributed by atoms with Gasteiger partial charge in [0.15, 0.2) is 0 Å². The van der Waals surface area contributed by atoms with Crippen molar-refractivity contribution in [1.82, 2.24) is 5.32 Å². The fourth-order valence-corrected chi connectivity index (χ4v) is 1.79. The summed E-state index contributed by atoms with van der Waals surface area (Å²) in [4.78, 5) is 0. The molecule has 84 valence electrons. The molecule has 0 aromatic rings. The highest BCUT2D eigenvalue weighted by atomic mass is 16.5. The zero-order chi connectivity index (χ0) is 10.4. The van der Waals surface area contributed by atoms with Crippen LogP contribution >= 0.6 is 0 Å². The van der Waals surface area contributed by atoms with Gasteiger partial charge in [-0.2, -0.15) is 0 Å². The van der Waals surface area contributed by atoms with E-state index in [2.05, 4.69) is 5.32 Å². The Hall–Kier alpha value is -0.120. The lowest BCUT2D eigenvalue weighted by atomic mass is 10.0. The number of ether oxygens (including phenoxy) is 1. The van der Waals surface area contributed by atoms with Gasteiger partial charge in [-0.3, -0.25) is 0 Å². The Morgan fingerprint density at radius 1 is 1.43 bits per heavy atom. The third-order valence-corrected chi connectivity index (χ3v) is 3.26. The summed E-state index contributed by atoms with van der Waals surface area (Å²) in [5, 5.41) is 12.3. The van der Waals surface area contributed by atoms with E-state index in [9.17, 15) is 0 Å². The second kappa shape index (κ2) is 5.69. The van der Waals surface area contributed by atoms with E-state index >= 15 is 0 Å². The van der Waals surface area contributed by atoms with Gasteiger partial charge in [0.05, 0.1) is 12.7 Å². The molecule has 1 fully saturated rings. The molecule has 0 heterocycles. The van der Waals surface area contributed by atoms with Crippen LogP contribution in [-0.2, 0) is 4.74 Å². The molecule has 0 spiro atoms. The highest BCUT2D eigenvalue weighted by molar-refractivity contribution is 4.80. The van der Waals surface area contributed by atoms with Crippen LogP contribution in [0, 0.1) is 0 Å². The van der Waals surface area contributed by atoms with Crippen molar-refractivity contribution in [3.05, 3.63) is 0 Å². The van der Waals surface area contributed by atoms with Gasteiger partial charge in [-0.15, -0.1) is 0 Å². The zero-order valence-corrected chi connectivity index (χ0v) is 9.38. The monoisotopic (exact) mass is 201 g/mol. The van der Waals surface area contributed by atoms with Crippen LogP contribution in [0.4, 0.5) is 0 Å². The van der Waals surface area contributed by atoms with E-state index in [4.69, 9.17) is 9.84 Å². The van der Waals surface area contributed by atoms with E-state index in [0.29, 0.717) is 6.10 Å². The van der Waals surface area contributed by atoms with Crippen LogP contribution in [0.5, 0.6) is 0 Å². The molecule has 0 aliphatic heterocycles. The zero-order valence-electron chi connectivity index (χ0n) is 9.38. The molecule has 1 atom stereocenters. The molecule has 1 unspecified atom stereocenters. The molecule has 1 rings (SSSR count). The van der Waals surface area contributed by atoms with Gasteiger partial charge in [-0.25, -0.2) is 0 Å². The summed E-state index contributed by atoms with van der Waals surface area (Å²) in [7, 11) is 1.88. The maximum absolute atomic E-state index is 9.16. The Balaban J connectivity index is 2.12. The van der Waals surface area contributed by atoms with E-state index in [1.165, 1.54) is 25.7 Å². The predicted octanol–water partition coefficient (Wildman–Crippen LogP) is 1.31. The molecular weight excluding hydrogens is 178 g/mol. The minimum atomic E-state index is -0.182. The molecule has 3 heteroatoms. The van der Waals surface area contributed by atoms with E-state index in [1.807, 2.05) is 14.0 Å². The maximum Gasteiger partial charge on any atom is 0.0611 e. The molecule has 0 saturated heterocycles. The van der Waals surface area contributed by atoms with E-state index < -0.39 is 0 Å². The van der Waals surface area contributed by atoms with Crippen molar-refractivity contribution in [1.29, 1.82) is 0 Å². The van der Waals surface area contributed by atoms with Crippen LogP contribution in [-0.4, -0.2) is 37.0 Å². The van der Waals surface area contributed by atoms with Crippen molar-refractivity contribution < 1.29 is 9.84 Å². The predicted molar refractivity (Wildman–Crippen MR) is 57.4 cm³/mol. The summed E-state index contributed by atoms with van der Waals surface area (Å²) < 4.78 is 5.75. The summed E-state index contributed by atoms with van der Waals surface area (Å²) in [6.45, 7) is 2.94. The third-order valence-electron chi connectivity index (χ3n) is 3.26. The van der Waals surface area contributed by atoms with E-state index in [1.54, 1.807) is 0 Å². The second-order valence-electron chi connectivity index (χ2n) is 4.50.